The summed E-state index contributed by atoms with van der Waals surface area (Å²) in [4.78, 5) is 0. The molecule has 0 amide bonds. The Labute approximate surface area is 201 Å². The Morgan fingerprint density at radius 1 is 0.552 bits per heavy atom. The third kappa shape index (κ3) is 2.78. The Morgan fingerprint density at radius 2 is 0.897 bits per heavy atom. The van der Waals surface area contributed by atoms with E-state index in [9.17, 15) is 0 Å². The average Bonchev–Trinajstić information content (AvgIpc) is 2.58. The Kier molecular flexibility index (Phi) is 4.62. The molecule has 8 saturated carbocycles. The van der Waals surface area contributed by atoms with Crippen LogP contribution >= 0.6 is 0 Å². The predicted octanol–water partition coefficient (Wildman–Crippen LogP) is 4.50. The van der Waals surface area contributed by atoms with Crippen molar-refractivity contribution in [2.24, 2.45) is 46.3 Å². The molecular weight excluding hydrogens is 361 g/mol. The number of nitrogens with zero attached hydrogens (tertiary/aromatic N) is 1. The van der Waals surface area contributed by atoms with Gasteiger partial charge < -0.3 is 5.32 Å². The van der Waals surface area contributed by atoms with Gasteiger partial charge in [-0.1, -0.05) is 33.1 Å². The average molecular weight is 404 g/mol. The van der Waals surface area contributed by atoms with Crippen LogP contribution in [0.15, 0.2) is 0 Å². The van der Waals surface area contributed by atoms with E-state index >= 15 is 0 Å². The van der Waals surface area contributed by atoms with E-state index < -0.39 is 0 Å². The fourth-order valence-electron chi connectivity index (χ4n) is 12.0. The van der Waals surface area contributed by atoms with Gasteiger partial charge in [0.05, 0.1) is 0 Å². The first-order valence-electron chi connectivity index (χ1n) is 13.1. The summed E-state index contributed by atoms with van der Waals surface area (Å²) >= 11 is 0. The van der Waals surface area contributed by atoms with Crippen LogP contribution in [0.4, 0.5) is 0 Å². The van der Waals surface area contributed by atoms with Gasteiger partial charge in [-0.15, -0.1) is 11.1 Å². The molecule has 0 spiro atoms. The van der Waals surface area contributed by atoms with Gasteiger partial charge in [0.15, 0.2) is 0 Å². The molecule has 0 unspecified atom stereocenters. The molecule has 8 bridgehead atoms. The molecule has 0 aromatic heterocycles. The first kappa shape index (κ1) is 20.6. The predicted molar refractivity (Wildman–Crippen MR) is 115 cm³/mol. The fraction of sp³-hybridized carbons (Fsp3) is 1.00. The molecule has 0 aromatic rings. The Morgan fingerprint density at radius 3 is 1.21 bits per heavy atom. The topological polar surface area (TPSA) is 14.1 Å². The van der Waals surface area contributed by atoms with E-state index in [2.05, 4.69) is 13.8 Å². The van der Waals surface area contributed by atoms with E-state index in [-0.39, 0.29) is 35.1 Å². The van der Waals surface area contributed by atoms with Gasteiger partial charge in [-0.25, -0.2) is 0 Å². The van der Waals surface area contributed by atoms with Crippen LogP contribution in [0.3, 0.4) is 0 Å². The van der Waals surface area contributed by atoms with Crippen LogP contribution in [0.1, 0.15) is 110 Å². The molecule has 9 aliphatic rings. The Balaban J connectivity index is 0.00000165. The summed E-state index contributed by atoms with van der Waals surface area (Å²) in [6.45, 7) is 5.00. The first-order valence-corrected chi connectivity index (χ1v) is 13.1. The second-order valence-corrected chi connectivity index (χ2v) is 14.0. The molecule has 1 heterocycles. The number of piperidine rings is 1. The Hall–Kier alpha value is 0.960. The normalized spacial score (nSPS) is 59.0. The monoisotopic (exact) mass is 403 g/mol. The molecular formula is C27H42NNa. The standard InChI is InChI=1S/C27H42N.Na/c1-24(2)4-3-5-27(28-24,25-12-18-6-19(13-25)8-20(7-18)14-25)26-15-21-9-22(16-26)11-23(10-21)17-26;/h18-23H,3-17H2,1-2H3;/q-1;+1. The molecule has 0 radical (unpaired) electrons. The largest absolute Gasteiger partial charge is 1.00 e. The third-order valence-electron chi connectivity index (χ3n) is 11.7. The zero-order valence-corrected chi connectivity index (χ0v) is 21.5. The molecule has 0 aromatic carbocycles. The second-order valence-electron chi connectivity index (χ2n) is 14.0. The molecule has 9 rings (SSSR count). The van der Waals surface area contributed by atoms with Gasteiger partial charge in [-0.3, -0.25) is 0 Å². The first-order chi connectivity index (χ1) is 13.4. The fourth-order valence-corrected chi connectivity index (χ4v) is 12.0. The minimum absolute atomic E-state index is 0. The summed E-state index contributed by atoms with van der Waals surface area (Å²) in [7, 11) is 0. The van der Waals surface area contributed by atoms with E-state index in [1.165, 1.54) is 19.3 Å². The van der Waals surface area contributed by atoms with Crippen LogP contribution < -0.4 is 29.6 Å². The van der Waals surface area contributed by atoms with Gasteiger partial charge in [-0.2, -0.15) is 0 Å². The minimum Gasteiger partial charge on any atom is -0.651 e. The van der Waals surface area contributed by atoms with Crippen molar-refractivity contribution < 1.29 is 29.6 Å². The van der Waals surface area contributed by atoms with Crippen molar-refractivity contribution in [2.45, 2.75) is 121 Å². The van der Waals surface area contributed by atoms with Gasteiger partial charge in [0, 0.05) is 0 Å². The van der Waals surface area contributed by atoms with Gasteiger partial charge >= 0.3 is 29.6 Å². The van der Waals surface area contributed by atoms with Gasteiger partial charge in [0.2, 0.25) is 0 Å². The van der Waals surface area contributed by atoms with Crippen LogP contribution in [-0.2, 0) is 0 Å². The van der Waals surface area contributed by atoms with Crippen LogP contribution in [-0.4, -0.2) is 11.1 Å². The van der Waals surface area contributed by atoms with Gasteiger partial charge in [0.1, 0.15) is 0 Å². The van der Waals surface area contributed by atoms with Crippen LogP contribution in [0.2, 0.25) is 0 Å². The molecule has 1 saturated heterocycles. The van der Waals surface area contributed by atoms with Crippen LogP contribution in [0, 0.1) is 46.3 Å². The molecule has 1 nitrogen and oxygen atoms in total. The van der Waals surface area contributed by atoms with Gasteiger partial charge in [0.25, 0.3) is 0 Å². The second kappa shape index (κ2) is 6.51. The summed E-state index contributed by atoms with van der Waals surface area (Å²) in [6.07, 6.45) is 23.2. The maximum Gasteiger partial charge on any atom is 1.00 e. The summed E-state index contributed by atoms with van der Waals surface area (Å²) in [5.41, 5.74) is 1.79. The van der Waals surface area contributed by atoms with Crippen molar-refractivity contribution in [3.05, 3.63) is 5.32 Å². The third-order valence-corrected chi connectivity index (χ3v) is 11.7. The molecule has 2 heteroatoms. The van der Waals surface area contributed by atoms with Crippen molar-refractivity contribution in [3.8, 4) is 0 Å². The molecule has 9 fully saturated rings. The maximum atomic E-state index is 6.13. The van der Waals surface area contributed by atoms with Crippen molar-refractivity contribution in [1.29, 1.82) is 0 Å². The van der Waals surface area contributed by atoms with Crippen molar-refractivity contribution in [2.75, 3.05) is 0 Å². The zero-order chi connectivity index (χ0) is 18.8. The number of rotatable bonds is 2. The number of hydrogen-bond acceptors (Lipinski definition) is 0. The SMILES string of the molecule is CC1(C)CCCC(C23CC4CC(CC(C4)C2)C3)(C23CC4CC(CC(C4)C2)C3)[N-]1.[Na+]. The summed E-state index contributed by atoms with van der Waals surface area (Å²) in [5, 5.41) is 6.13. The van der Waals surface area contributed by atoms with Crippen molar-refractivity contribution in [3.63, 3.8) is 0 Å². The van der Waals surface area contributed by atoms with E-state index in [0.717, 1.165) is 35.5 Å². The molecule has 8 aliphatic carbocycles. The van der Waals surface area contributed by atoms with Crippen molar-refractivity contribution >= 4 is 0 Å². The van der Waals surface area contributed by atoms with E-state index in [1.807, 2.05) is 0 Å². The zero-order valence-electron chi connectivity index (χ0n) is 19.5. The summed E-state index contributed by atoms with van der Waals surface area (Å²) < 4.78 is 0. The van der Waals surface area contributed by atoms with Crippen LogP contribution in [0.25, 0.3) is 5.32 Å². The quantitative estimate of drug-likeness (QED) is 0.603. The van der Waals surface area contributed by atoms with Gasteiger partial charge in [-0.05, 0) is 123 Å². The maximum absolute atomic E-state index is 6.13. The molecule has 29 heavy (non-hydrogen) atoms. The molecule has 156 valence electrons. The number of hydrogen-bond donors (Lipinski definition) is 0. The van der Waals surface area contributed by atoms with Crippen molar-refractivity contribution in [1.82, 2.24) is 0 Å². The van der Waals surface area contributed by atoms with E-state index in [4.69, 9.17) is 5.32 Å². The van der Waals surface area contributed by atoms with Crippen LogP contribution in [0.5, 0.6) is 0 Å². The smallest absolute Gasteiger partial charge is 0.651 e. The minimum atomic E-state index is 0. The summed E-state index contributed by atoms with van der Waals surface area (Å²) in [6, 6.07) is 0. The van der Waals surface area contributed by atoms with E-state index in [0.29, 0.717) is 16.4 Å². The van der Waals surface area contributed by atoms with E-state index in [1.54, 1.807) is 77.0 Å². The molecule has 1 aliphatic heterocycles. The Bertz CT molecular complexity index is 563. The molecule has 0 N–H and O–H groups in total. The molecule has 0 atom stereocenters. The summed E-state index contributed by atoms with van der Waals surface area (Å²) in [5.74, 6) is 6.40.